The zero-order valence-electron chi connectivity index (χ0n) is 14.7. The summed E-state index contributed by atoms with van der Waals surface area (Å²) < 4.78 is 6.20. The van der Waals surface area contributed by atoms with Crippen LogP contribution in [0.4, 0.5) is 0 Å². The van der Waals surface area contributed by atoms with E-state index in [1.165, 1.54) is 12.2 Å². The van der Waals surface area contributed by atoms with Gasteiger partial charge in [0.25, 0.3) is 0 Å². The molecule has 1 aromatic carbocycles. The number of hydrogen-bond donors (Lipinski definition) is 1. The fraction of sp³-hybridized carbons (Fsp3) is 0.400. The smallest absolute Gasteiger partial charge is 0.186 e. The van der Waals surface area contributed by atoms with Gasteiger partial charge >= 0.3 is 0 Å². The van der Waals surface area contributed by atoms with E-state index in [0.29, 0.717) is 28.9 Å². The molecule has 126 valence electrons. The van der Waals surface area contributed by atoms with Crippen molar-refractivity contribution < 1.29 is 19.4 Å². The Balaban J connectivity index is 2.11. The van der Waals surface area contributed by atoms with Gasteiger partial charge in [-0.15, -0.1) is 0 Å². The van der Waals surface area contributed by atoms with Crippen LogP contribution in [-0.2, 0) is 15.0 Å². The third-order valence-corrected chi connectivity index (χ3v) is 4.99. The Bertz CT molecular complexity index is 826. The summed E-state index contributed by atoms with van der Waals surface area (Å²) in [5, 5.41) is 10.0. The van der Waals surface area contributed by atoms with Gasteiger partial charge in [-0.3, -0.25) is 9.59 Å². The number of rotatable bonds is 1. The molecule has 1 aromatic rings. The van der Waals surface area contributed by atoms with Crippen LogP contribution in [0.2, 0.25) is 0 Å². The number of ether oxygens (including phenoxy) is 1. The van der Waals surface area contributed by atoms with E-state index in [1.807, 2.05) is 6.92 Å². The van der Waals surface area contributed by atoms with Crippen LogP contribution in [0.15, 0.2) is 35.4 Å². The maximum atomic E-state index is 12.5. The second-order valence-electron chi connectivity index (χ2n) is 7.64. The molecule has 0 saturated carbocycles. The summed E-state index contributed by atoms with van der Waals surface area (Å²) in [5.41, 5.74) is 1.26. The van der Waals surface area contributed by atoms with E-state index in [1.54, 1.807) is 26.0 Å². The van der Waals surface area contributed by atoms with Crippen molar-refractivity contribution in [3.63, 3.8) is 0 Å². The average Bonchev–Trinajstić information content (AvgIpc) is 2.44. The quantitative estimate of drug-likeness (QED) is 0.802. The highest BCUT2D eigenvalue weighted by atomic mass is 16.5. The molecule has 1 aliphatic heterocycles. The molecule has 0 amide bonds. The third-order valence-electron chi connectivity index (χ3n) is 4.99. The van der Waals surface area contributed by atoms with Gasteiger partial charge in [0.2, 0.25) is 0 Å². The van der Waals surface area contributed by atoms with Crippen molar-refractivity contribution in [1.82, 2.24) is 0 Å². The minimum absolute atomic E-state index is 0.153. The van der Waals surface area contributed by atoms with Crippen LogP contribution in [0.3, 0.4) is 0 Å². The lowest BCUT2D eigenvalue weighted by molar-refractivity contribution is -0.116. The zero-order chi connectivity index (χ0) is 17.9. The largest absolute Gasteiger partial charge is 0.508 e. The number of hydrogen-bond acceptors (Lipinski definition) is 4. The standard InChI is InChI=1S/C20H22O4/c1-11-6-17(23)13(8-15(11)21)20(5)10-19(3,4)14-9-16(22)12(2)7-18(14)24-20/h6-9,22H,10H2,1-5H3. The molecule has 3 rings (SSSR count). The Morgan fingerprint density at radius 1 is 1.04 bits per heavy atom. The van der Waals surface area contributed by atoms with Crippen LogP contribution < -0.4 is 4.74 Å². The molecule has 0 saturated heterocycles. The molecule has 4 heteroatoms. The summed E-state index contributed by atoms with van der Waals surface area (Å²) in [6.45, 7) is 9.41. The fourth-order valence-electron chi connectivity index (χ4n) is 3.73. The van der Waals surface area contributed by atoms with Gasteiger partial charge in [0.05, 0.1) is 0 Å². The Labute approximate surface area is 141 Å². The van der Waals surface area contributed by atoms with E-state index < -0.39 is 5.60 Å². The monoisotopic (exact) mass is 326 g/mol. The number of phenols is 1. The normalized spacial score (nSPS) is 25.5. The first kappa shape index (κ1) is 16.5. The summed E-state index contributed by atoms with van der Waals surface area (Å²) in [5.74, 6) is 0.552. The number of carbonyl (C=O) groups is 2. The highest BCUT2D eigenvalue weighted by Gasteiger charge is 2.46. The third kappa shape index (κ3) is 2.46. The fourth-order valence-corrected chi connectivity index (χ4v) is 3.73. The van der Waals surface area contributed by atoms with Crippen LogP contribution in [0.5, 0.6) is 11.5 Å². The van der Waals surface area contributed by atoms with Gasteiger partial charge in [0.1, 0.15) is 17.1 Å². The molecule has 1 N–H and O–H groups in total. The lowest BCUT2D eigenvalue weighted by atomic mass is 9.69. The lowest BCUT2D eigenvalue weighted by Gasteiger charge is -2.45. The Hall–Kier alpha value is -2.36. The number of fused-ring (bicyclic) bond motifs is 1. The Morgan fingerprint density at radius 2 is 1.71 bits per heavy atom. The number of aryl methyl sites for hydroxylation is 1. The van der Waals surface area contributed by atoms with Crippen LogP contribution >= 0.6 is 0 Å². The molecule has 2 aliphatic rings. The van der Waals surface area contributed by atoms with E-state index in [0.717, 1.165) is 5.56 Å². The molecule has 4 nitrogen and oxygen atoms in total. The van der Waals surface area contributed by atoms with Crippen molar-refractivity contribution in [1.29, 1.82) is 0 Å². The Kier molecular flexibility index (Phi) is 3.48. The zero-order valence-corrected chi connectivity index (χ0v) is 14.7. The van der Waals surface area contributed by atoms with Crippen molar-refractivity contribution in [2.24, 2.45) is 0 Å². The first-order chi connectivity index (χ1) is 11.0. The molecule has 1 atom stereocenters. The number of benzene rings is 1. The van der Waals surface area contributed by atoms with E-state index >= 15 is 0 Å². The van der Waals surface area contributed by atoms with Crippen LogP contribution in [0, 0.1) is 6.92 Å². The minimum atomic E-state index is -0.885. The number of allylic oxidation sites excluding steroid dienone is 3. The van der Waals surface area contributed by atoms with Gasteiger partial charge in [-0.2, -0.15) is 0 Å². The van der Waals surface area contributed by atoms with Crippen molar-refractivity contribution in [3.05, 3.63) is 46.6 Å². The summed E-state index contributed by atoms with van der Waals surface area (Å²) in [7, 11) is 0. The molecular weight excluding hydrogens is 304 g/mol. The van der Waals surface area contributed by atoms with Crippen molar-refractivity contribution >= 4 is 11.6 Å². The molecule has 0 aromatic heterocycles. The number of carbonyl (C=O) groups excluding carboxylic acids is 2. The maximum absolute atomic E-state index is 12.5. The predicted octanol–water partition coefficient (Wildman–Crippen LogP) is 3.54. The minimum Gasteiger partial charge on any atom is -0.508 e. The number of ketones is 2. The molecule has 1 heterocycles. The van der Waals surface area contributed by atoms with Crippen LogP contribution in [0.25, 0.3) is 0 Å². The first-order valence-corrected chi connectivity index (χ1v) is 8.06. The highest BCUT2D eigenvalue weighted by molar-refractivity contribution is 6.20. The molecule has 0 fully saturated rings. The lowest BCUT2D eigenvalue weighted by Crippen LogP contribution is -2.47. The van der Waals surface area contributed by atoms with Crippen LogP contribution in [0.1, 0.15) is 45.2 Å². The summed E-state index contributed by atoms with van der Waals surface area (Å²) in [6.07, 6.45) is 3.33. The van der Waals surface area contributed by atoms with Crippen molar-refractivity contribution in [2.75, 3.05) is 0 Å². The van der Waals surface area contributed by atoms with Gasteiger partial charge in [-0.25, -0.2) is 0 Å². The summed E-state index contributed by atoms with van der Waals surface area (Å²) >= 11 is 0. The molecule has 1 aliphatic carbocycles. The highest BCUT2D eigenvalue weighted by Crippen LogP contribution is 2.49. The number of aromatic hydroxyl groups is 1. The first-order valence-electron chi connectivity index (χ1n) is 8.06. The SMILES string of the molecule is CC1=CC(=O)C(C2(C)CC(C)(C)c3cc(O)c(C)cc3O2)=CC1=O. The molecule has 0 radical (unpaired) electrons. The van der Waals surface area contributed by atoms with E-state index in [9.17, 15) is 14.7 Å². The summed E-state index contributed by atoms with van der Waals surface area (Å²) in [6, 6.07) is 3.52. The van der Waals surface area contributed by atoms with Gasteiger partial charge in [-0.1, -0.05) is 13.8 Å². The number of phenolic OH excluding ortho intramolecular Hbond substituents is 1. The molecule has 0 spiro atoms. The second-order valence-corrected chi connectivity index (χ2v) is 7.64. The van der Waals surface area contributed by atoms with Gasteiger partial charge in [-0.05, 0) is 56.0 Å². The topological polar surface area (TPSA) is 63.6 Å². The molecule has 1 unspecified atom stereocenters. The predicted molar refractivity (Wildman–Crippen MR) is 91.4 cm³/mol. The maximum Gasteiger partial charge on any atom is 0.186 e. The molecule has 0 bridgehead atoms. The van der Waals surface area contributed by atoms with Gasteiger partial charge < -0.3 is 9.84 Å². The van der Waals surface area contributed by atoms with Crippen LogP contribution in [-0.4, -0.2) is 22.3 Å². The van der Waals surface area contributed by atoms with E-state index in [-0.39, 0.29) is 22.7 Å². The average molecular weight is 326 g/mol. The second kappa shape index (κ2) is 5.07. The Morgan fingerprint density at radius 3 is 2.38 bits per heavy atom. The summed E-state index contributed by atoms with van der Waals surface area (Å²) in [4.78, 5) is 24.5. The van der Waals surface area contributed by atoms with Gasteiger partial charge in [0.15, 0.2) is 11.6 Å². The molecule has 24 heavy (non-hydrogen) atoms. The van der Waals surface area contributed by atoms with Crippen molar-refractivity contribution in [2.45, 2.75) is 52.1 Å². The molecular formula is C20H22O4. The van der Waals surface area contributed by atoms with Gasteiger partial charge in [0, 0.05) is 23.1 Å². The van der Waals surface area contributed by atoms with E-state index in [4.69, 9.17) is 4.74 Å². The van der Waals surface area contributed by atoms with E-state index in [2.05, 4.69) is 13.8 Å². The van der Waals surface area contributed by atoms with Crippen molar-refractivity contribution in [3.8, 4) is 11.5 Å².